The molecule has 6 rings (SSSR count). The number of fused-ring (bicyclic) bond motifs is 4. The first-order valence-electron chi connectivity index (χ1n) is 13.5. The van der Waals surface area contributed by atoms with Gasteiger partial charge in [0.25, 0.3) is 0 Å². The van der Waals surface area contributed by atoms with Crippen LogP contribution < -0.4 is 0 Å². The fraction of sp³-hybridized carbons (Fsp3) is 0.303. The number of carbonyl (C=O) groups excluding carboxylic acids is 1. The van der Waals surface area contributed by atoms with Crippen molar-refractivity contribution >= 4 is 22.9 Å². The minimum absolute atomic E-state index is 0.0531. The summed E-state index contributed by atoms with van der Waals surface area (Å²) in [7, 11) is 4.23. The van der Waals surface area contributed by atoms with Crippen LogP contribution >= 0.6 is 0 Å². The number of para-hydroxylation sites is 1. The number of aromatic amines is 1. The van der Waals surface area contributed by atoms with Crippen molar-refractivity contribution in [3.63, 3.8) is 0 Å². The summed E-state index contributed by atoms with van der Waals surface area (Å²) >= 11 is 0. The molecule has 3 aromatic carbocycles. The minimum Gasteiger partial charge on any atom is -0.356 e. The van der Waals surface area contributed by atoms with Crippen LogP contribution in [0.3, 0.4) is 0 Å². The molecule has 1 saturated carbocycles. The van der Waals surface area contributed by atoms with Crippen LogP contribution in [0.4, 0.5) is 4.39 Å². The first-order chi connectivity index (χ1) is 18.4. The molecule has 4 aromatic rings. The van der Waals surface area contributed by atoms with Crippen LogP contribution in [0, 0.1) is 5.82 Å². The second kappa shape index (κ2) is 9.55. The Labute approximate surface area is 223 Å². The minimum atomic E-state index is -0.412. The van der Waals surface area contributed by atoms with E-state index in [-0.39, 0.29) is 17.3 Å². The molecule has 2 aliphatic rings. The summed E-state index contributed by atoms with van der Waals surface area (Å²) in [6, 6.07) is 25.4. The summed E-state index contributed by atoms with van der Waals surface area (Å²) in [6.45, 7) is 0.693. The van der Waals surface area contributed by atoms with Gasteiger partial charge in [-0.15, -0.1) is 0 Å². The van der Waals surface area contributed by atoms with Gasteiger partial charge in [-0.2, -0.15) is 0 Å². The van der Waals surface area contributed by atoms with E-state index in [4.69, 9.17) is 0 Å². The molecule has 1 fully saturated rings. The molecule has 5 heteroatoms. The molecule has 1 N–H and O–H groups in total. The van der Waals surface area contributed by atoms with Gasteiger partial charge < -0.3 is 9.88 Å². The van der Waals surface area contributed by atoms with Gasteiger partial charge in [-0.3, -0.25) is 9.69 Å². The third-order valence-corrected chi connectivity index (χ3v) is 9.01. The number of nitrogens with zero attached hydrogens (tertiary/aromatic N) is 2. The SMILES string of the molecule is CN(C)[C@]1(c2ccc(F)cc2)CC[C@@]2(CC1)c1[nH]c3ccccc3c1CCN2C(=O)/C=C/c1ccccc1. The molecule has 1 aliphatic heterocycles. The number of halogens is 1. The predicted molar refractivity (Wildman–Crippen MR) is 151 cm³/mol. The Morgan fingerprint density at radius 1 is 0.921 bits per heavy atom. The zero-order valence-electron chi connectivity index (χ0n) is 22.1. The number of hydrogen-bond donors (Lipinski definition) is 1. The fourth-order valence-corrected chi connectivity index (χ4v) is 6.92. The van der Waals surface area contributed by atoms with Crippen molar-refractivity contribution in [1.82, 2.24) is 14.8 Å². The van der Waals surface area contributed by atoms with E-state index in [0.717, 1.165) is 48.7 Å². The Morgan fingerprint density at radius 2 is 1.61 bits per heavy atom. The van der Waals surface area contributed by atoms with Gasteiger partial charge in [0.15, 0.2) is 0 Å². The average Bonchev–Trinajstić information content (AvgIpc) is 3.33. The van der Waals surface area contributed by atoms with Gasteiger partial charge in [0.05, 0.1) is 5.54 Å². The Morgan fingerprint density at radius 3 is 2.32 bits per heavy atom. The second-order valence-corrected chi connectivity index (χ2v) is 11.0. The monoisotopic (exact) mass is 507 g/mol. The van der Waals surface area contributed by atoms with E-state index >= 15 is 0 Å². The maximum atomic E-state index is 13.8. The van der Waals surface area contributed by atoms with Crippen LogP contribution in [-0.2, 0) is 22.3 Å². The Hall–Kier alpha value is -3.70. The van der Waals surface area contributed by atoms with Crippen molar-refractivity contribution in [3.05, 3.63) is 113 Å². The average molecular weight is 508 g/mol. The third kappa shape index (κ3) is 3.97. The van der Waals surface area contributed by atoms with E-state index < -0.39 is 5.54 Å². The molecule has 0 bridgehead atoms. The van der Waals surface area contributed by atoms with Crippen molar-refractivity contribution in [3.8, 4) is 0 Å². The van der Waals surface area contributed by atoms with Crippen molar-refractivity contribution in [2.45, 2.75) is 43.2 Å². The highest BCUT2D eigenvalue weighted by atomic mass is 19.1. The number of hydrogen-bond acceptors (Lipinski definition) is 2. The predicted octanol–water partition coefficient (Wildman–Crippen LogP) is 6.63. The largest absolute Gasteiger partial charge is 0.356 e. The zero-order valence-corrected chi connectivity index (χ0v) is 22.1. The lowest BCUT2D eigenvalue weighted by atomic mass is 9.65. The number of aromatic nitrogens is 1. The van der Waals surface area contributed by atoms with E-state index in [1.807, 2.05) is 48.5 Å². The highest BCUT2D eigenvalue weighted by Crippen LogP contribution is 2.53. The number of amides is 1. The zero-order chi connectivity index (χ0) is 26.3. The van der Waals surface area contributed by atoms with Crippen LogP contribution in [0.25, 0.3) is 17.0 Å². The van der Waals surface area contributed by atoms with Crippen LogP contribution in [0.15, 0.2) is 84.9 Å². The molecule has 1 amide bonds. The first-order valence-corrected chi connectivity index (χ1v) is 13.5. The van der Waals surface area contributed by atoms with Gasteiger partial charge in [0.2, 0.25) is 5.91 Å². The first kappa shape index (κ1) is 24.6. The van der Waals surface area contributed by atoms with Crippen molar-refractivity contribution in [2.24, 2.45) is 0 Å². The van der Waals surface area contributed by atoms with Gasteiger partial charge in [-0.25, -0.2) is 4.39 Å². The lowest BCUT2D eigenvalue weighted by Gasteiger charge is -2.55. The van der Waals surface area contributed by atoms with Crippen LogP contribution in [0.2, 0.25) is 0 Å². The summed E-state index contributed by atoms with van der Waals surface area (Å²) in [5.41, 5.74) is 5.20. The summed E-state index contributed by atoms with van der Waals surface area (Å²) < 4.78 is 13.8. The maximum Gasteiger partial charge on any atom is 0.247 e. The topological polar surface area (TPSA) is 39.3 Å². The standard InChI is InChI=1S/C33H34FN3O/c1-36(2)32(25-13-15-26(34)16-14-25)19-21-33(22-20-32)31-28(27-10-6-7-11-29(27)35-31)18-23-37(33)30(38)17-12-24-8-4-3-5-9-24/h3-17,35H,18-23H2,1-2H3/b17-12+/t32-,33-. The lowest BCUT2D eigenvalue weighted by molar-refractivity contribution is -0.137. The van der Waals surface area contributed by atoms with Crippen molar-refractivity contribution in [1.29, 1.82) is 0 Å². The molecule has 1 aromatic heterocycles. The molecule has 0 radical (unpaired) electrons. The lowest BCUT2D eigenvalue weighted by Crippen LogP contribution is -2.58. The molecule has 0 saturated heterocycles. The van der Waals surface area contributed by atoms with E-state index in [9.17, 15) is 9.18 Å². The van der Waals surface area contributed by atoms with E-state index in [1.165, 1.54) is 16.6 Å². The third-order valence-electron chi connectivity index (χ3n) is 9.01. The Balaban J connectivity index is 1.41. The van der Waals surface area contributed by atoms with E-state index in [2.05, 4.69) is 53.1 Å². The summed E-state index contributed by atoms with van der Waals surface area (Å²) in [6.07, 6.45) is 7.88. The van der Waals surface area contributed by atoms with Gasteiger partial charge in [0.1, 0.15) is 5.82 Å². The summed E-state index contributed by atoms with van der Waals surface area (Å²) in [5, 5.41) is 1.26. The molecule has 0 atom stereocenters. The van der Waals surface area contributed by atoms with Crippen LogP contribution in [-0.4, -0.2) is 41.3 Å². The van der Waals surface area contributed by atoms with Crippen LogP contribution in [0.1, 0.15) is 48.1 Å². The molecule has 2 heterocycles. The summed E-state index contributed by atoms with van der Waals surface area (Å²) in [4.78, 5) is 22.0. The number of benzene rings is 3. The van der Waals surface area contributed by atoms with Gasteiger partial charge >= 0.3 is 0 Å². The van der Waals surface area contributed by atoms with Crippen molar-refractivity contribution in [2.75, 3.05) is 20.6 Å². The smallest absolute Gasteiger partial charge is 0.247 e. The van der Waals surface area contributed by atoms with E-state index in [0.29, 0.717) is 6.54 Å². The Kier molecular flexibility index (Phi) is 6.19. The molecule has 1 spiro atoms. The molecule has 1 aliphatic carbocycles. The highest BCUT2D eigenvalue weighted by molar-refractivity contribution is 5.93. The number of nitrogens with one attached hydrogen (secondary N) is 1. The van der Waals surface area contributed by atoms with Gasteiger partial charge in [-0.1, -0.05) is 60.7 Å². The highest BCUT2D eigenvalue weighted by Gasteiger charge is 2.52. The number of carbonyl (C=O) groups is 1. The maximum absolute atomic E-state index is 13.8. The van der Waals surface area contributed by atoms with Gasteiger partial charge in [-0.05, 0) is 87.2 Å². The Bertz CT molecular complexity index is 1480. The molecule has 194 valence electrons. The molecule has 4 nitrogen and oxygen atoms in total. The summed E-state index contributed by atoms with van der Waals surface area (Å²) in [5.74, 6) is -0.163. The van der Waals surface area contributed by atoms with Crippen molar-refractivity contribution < 1.29 is 9.18 Å². The molecular formula is C33H34FN3O. The molecular weight excluding hydrogens is 473 g/mol. The normalized spacial score (nSPS) is 23.4. The molecule has 0 unspecified atom stereocenters. The van der Waals surface area contributed by atoms with E-state index in [1.54, 1.807) is 18.2 Å². The van der Waals surface area contributed by atoms with Gasteiger partial charge in [0, 0.05) is 34.8 Å². The number of H-pyrrole nitrogens is 1. The molecule has 38 heavy (non-hydrogen) atoms. The quantitative estimate of drug-likeness (QED) is 0.315. The number of rotatable bonds is 4. The van der Waals surface area contributed by atoms with Crippen LogP contribution in [0.5, 0.6) is 0 Å². The second-order valence-electron chi connectivity index (χ2n) is 11.0. The fourth-order valence-electron chi connectivity index (χ4n) is 6.92.